The van der Waals surface area contributed by atoms with E-state index in [4.69, 9.17) is 5.73 Å². The molecule has 6 heteroatoms. The van der Waals surface area contributed by atoms with Crippen molar-refractivity contribution in [3.63, 3.8) is 0 Å². The van der Waals surface area contributed by atoms with Crippen LogP contribution in [0.2, 0.25) is 0 Å². The van der Waals surface area contributed by atoms with Gasteiger partial charge in [-0.05, 0) is 63.1 Å². The maximum absolute atomic E-state index is 12.9. The first-order valence-electron chi connectivity index (χ1n) is 10.2. The van der Waals surface area contributed by atoms with Crippen LogP contribution in [-0.2, 0) is 4.79 Å². The highest BCUT2D eigenvalue weighted by Crippen LogP contribution is 2.35. The molecule has 1 aromatic heterocycles. The molecule has 2 heterocycles. The molecular weight excluding hydrogens is 388 g/mol. The van der Waals surface area contributed by atoms with Crippen LogP contribution in [0.5, 0.6) is 0 Å². The van der Waals surface area contributed by atoms with E-state index in [1.807, 2.05) is 45.9 Å². The number of hydrogen-bond acceptors (Lipinski definition) is 3. The number of hydrogen-bond donors (Lipinski definition) is 4. The minimum atomic E-state index is -0.203. The number of aromatic nitrogens is 1. The molecule has 31 heavy (non-hydrogen) atoms. The smallest absolute Gasteiger partial charge is 0.256 e. The number of amides is 2. The number of nitrogens with one attached hydrogen (secondary N) is 3. The number of H-pyrrole nitrogens is 1. The molecule has 0 saturated heterocycles. The highest BCUT2D eigenvalue weighted by atomic mass is 16.2. The highest BCUT2D eigenvalue weighted by molar-refractivity contribution is 6.35. The Morgan fingerprint density at radius 1 is 1.13 bits per heavy atom. The van der Waals surface area contributed by atoms with Gasteiger partial charge in [-0.2, -0.15) is 0 Å². The number of nitrogens with two attached hydrogens (primary N) is 1. The Balaban J connectivity index is 1.63. The Kier molecular flexibility index (Phi) is 5.15. The van der Waals surface area contributed by atoms with Crippen molar-refractivity contribution in [2.45, 2.75) is 33.7 Å². The topological polar surface area (TPSA) is 100 Å². The zero-order valence-corrected chi connectivity index (χ0v) is 18.1. The van der Waals surface area contributed by atoms with Gasteiger partial charge in [-0.3, -0.25) is 9.59 Å². The van der Waals surface area contributed by atoms with Gasteiger partial charge in [0.25, 0.3) is 11.8 Å². The molecule has 0 fully saturated rings. The van der Waals surface area contributed by atoms with Crippen molar-refractivity contribution in [2.75, 3.05) is 11.1 Å². The summed E-state index contributed by atoms with van der Waals surface area (Å²) in [5.74, 6) is -0.391. The summed E-state index contributed by atoms with van der Waals surface area (Å²) in [5, 5.41) is 5.90. The molecule has 2 amide bonds. The number of aryl methyl sites for hydroxylation is 2. The summed E-state index contributed by atoms with van der Waals surface area (Å²) in [5.41, 5.74) is 13.9. The van der Waals surface area contributed by atoms with E-state index in [2.05, 4.69) is 21.7 Å². The fourth-order valence-corrected chi connectivity index (χ4v) is 3.85. The molecule has 0 spiro atoms. The lowest BCUT2D eigenvalue weighted by Gasteiger charge is -2.15. The van der Waals surface area contributed by atoms with Crippen molar-refractivity contribution in [2.24, 2.45) is 0 Å². The molecule has 0 radical (unpaired) electrons. The van der Waals surface area contributed by atoms with E-state index in [1.165, 1.54) is 0 Å². The van der Waals surface area contributed by atoms with E-state index in [9.17, 15) is 9.59 Å². The first kappa shape index (κ1) is 20.5. The molecule has 3 aromatic rings. The summed E-state index contributed by atoms with van der Waals surface area (Å²) in [6.45, 7) is 7.79. The second-order valence-electron chi connectivity index (χ2n) is 8.08. The van der Waals surface area contributed by atoms with Crippen LogP contribution in [0.3, 0.4) is 0 Å². The zero-order valence-electron chi connectivity index (χ0n) is 18.1. The molecule has 5 N–H and O–H groups in total. The predicted molar refractivity (Wildman–Crippen MR) is 125 cm³/mol. The van der Waals surface area contributed by atoms with E-state index in [1.54, 1.807) is 24.3 Å². The zero-order chi connectivity index (χ0) is 22.3. The normalized spacial score (nSPS) is 15.0. The van der Waals surface area contributed by atoms with Gasteiger partial charge in [0.2, 0.25) is 0 Å². The molecule has 6 nitrogen and oxygen atoms in total. The van der Waals surface area contributed by atoms with Crippen molar-refractivity contribution < 1.29 is 9.59 Å². The van der Waals surface area contributed by atoms with Crippen molar-refractivity contribution in [3.8, 4) is 0 Å². The largest absolute Gasteiger partial charge is 0.397 e. The van der Waals surface area contributed by atoms with Crippen LogP contribution in [-0.4, -0.2) is 16.8 Å². The number of carbonyl (C=O) groups excluding carboxylic acids is 2. The fraction of sp³-hybridized carbons (Fsp3) is 0.200. The molecule has 2 aromatic carbocycles. The van der Waals surface area contributed by atoms with Gasteiger partial charge in [-0.1, -0.05) is 29.8 Å². The van der Waals surface area contributed by atoms with Gasteiger partial charge in [0.15, 0.2) is 0 Å². The van der Waals surface area contributed by atoms with Gasteiger partial charge < -0.3 is 21.4 Å². The quantitative estimate of drug-likeness (QED) is 0.473. The van der Waals surface area contributed by atoms with Crippen LogP contribution < -0.4 is 16.4 Å². The maximum Gasteiger partial charge on any atom is 0.256 e. The molecule has 158 valence electrons. The third-order valence-corrected chi connectivity index (χ3v) is 5.78. The molecule has 4 rings (SSSR count). The third-order valence-electron chi connectivity index (χ3n) is 5.78. The number of aromatic amines is 1. The molecule has 0 saturated carbocycles. The van der Waals surface area contributed by atoms with Crippen LogP contribution in [0.25, 0.3) is 11.6 Å². The third kappa shape index (κ3) is 3.84. The Labute approximate surface area is 181 Å². The highest BCUT2D eigenvalue weighted by Gasteiger charge is 2.26. The lowest BCUT2D eigenvalue weighted by atomic mass is 10.0. The lowest BCUT2D eigenvalue weighted by molar-refractivity contribution is -0.110. The summed E-state index contributed by atoms with van der Waals surface area (Å²) in [6, 6.07) is 13.2. The van der Waals surface area contributed by atoms with Gasteiger partial charge in [-0.25, -0.2) is 0 Å². The Hall–Kier alpha value is -3.80. The number of carbonyl (C=O) groups is 2. The molecule has 1 aliphatic rings. The van der Waals surface area contributed by atoms with E-state index >= 15 is 0 Å². The van der Waals surface area contributed by atoms with Crippen molar-refractivity contribution in [1.29, 1.82) is 0 Å². The number of nitrogen functional groups attached to an aromatic ring is 1. The number of benzene rings is 2. The van der Waals surface area contributed by atoms with Crippen LogP contribution in [0.4, 0.5) is 11.4 Å². The van der Waals surface area contributed by atoms with Gasteiger partial charge in [0.1, 0.15) is 0 Å². The second-order valence-corrected chi connectivity index (χ2v) is 8.08. The average Bonchev–Trinajstić information content (AvgIpc) is 3.18. The second kappa shape index (κ2) is 7.80. The predicted octanol–water partition coefficient (Wildman–Crippen LogP) is 4.51. The van der Waals surface area contributed by atoms with Crippen LogP contribution in [0.15, 0.2) is 42.5 Å². The van der Waals surface area contributed by atoms with E-state index in [-0.39, 0.29) is 17.9 Å². The van der Waals surface area contributed by atoms with Crippen molar-refractivity contribution in [3.05, 3.63) is 81.7 Å². The standard InChI is InChI=1S/C25H26N4O2/c1-13-6-5-7-17(10-13)15(3)28-24(30)18-8-9-21-19(11-18)20(25(31)29-21)12-22-14(2)23(26)16(4)27-22/h5-12,15,27H,26H2,1-4H3,(H,28,30)(H,29,31). The molecule has 1 unspecified atom stereocenters. The van der Waals surface area contributed by atoms with Gasteiger partial charge >= 0.3 is 0 Å². The number of anilines is 2. The van der Waals surface area contributed by atoms with Crippen molar-refractivity contribution >= 4 is 34.8 Å². The minimum Gasteiger partial charge on any atom is -0.397 e. The van der Waals surface area contributed by atoms with Crippen LogP contribution in [0.1, 0.15) is 57.0 Å². The fourth-order valence-electron chi connectivity index (χ4n) is 3.85. The SMILES string of the molecule is Cc1cccc(C(C)NC(=O)c2ccc3c(c2)C(=Cc2[nH]c(C)c(N)c2C)C(=O)N3)c1. The van der Waals surface area contributed by atoms with E-state index in [0.717, 1.165) is 28.1 Å². The minimum absolute atomic E-state index is 0.136. The summed E-state index contributed by atoms with van der Waals surface area (Å²) >= 11 is 0. The Morgan fingerprint density at radius 2 is 1.90 bits per heavy atom. The number of rotatable bonds is 4. The maximum atomic E-state index is 12.9. The monoisotopic (exact) mass is 414 g/mol. The van der Waals surface area contributed by atoms with Crippen LogP contribution in [0, 0.1) is 20.8 Å². The Morgan fingerprint density at radius 3 is 2.58 bits per heavy atom. The van der Waals surface area contributed by atoms with E-state index < -0.39 is 0 Å². The summed E-state index contributed by atoms with van der Waals surface area (Å²) in [6.07, 6.45) is 1.79. The summed E-state index contributed by atoms with van der Waals surface area (Å²) in [7, 11) is 0. The molecule has 0 aliphatic carbocycles. The van der Waals surface area contributed by atoms with E-state index in [0.29, 0.717) is 28.1 Å². The van der Waals surface area contributed by atoms with Gasteiger partial charge in [0, 0.05) is 28.2 Å². The van der Waals surface area contributed by atoms with Crippen LogP contribution >= 0.6 is 0 Å². The van der Waals surface area contributed by atoms with Gasteiger partial charge in [0.05, 0.1) is 17.3 Å². The summed E-state index contributed by atoms with van der Waals surface area (Å²) < 4.78 is 0. The van der Waals surface area contributed by atoms with Gasteiger partial charge in [-0.15, -0.1) is 0 Å². The van der Waals surface area contributed by atoms with Crippen molar-refractivity contribution in [1.82, 2.24) is 10.3 Å². The first-order chi connectivity index (χ1) is 14.7. The Bertz CT molecular complexity index is 1240. The average molecular weight is 415 g/mol. The molecule has 1 aliphatic heterocycles. The first-order valence-corrected chi connectivity index (χ1v) is 10.2. The molecular formula is C25H26N4O2. The molecule has 1 atom stereocenters. The number of fused-ring (bicyclic) bond motifs is 1. The lowest BCUT2D eigenvalue weighted by Crippen LogP contribution is -2.26. The summed E-state index contributed by atoms with van der Waals surface area (Å²) in [4.78, 5) is 28.7. The molecule has 0 bridgehead atoms.